The van der Waals surface area contributed by atoms with Crippen molar-refractivity contribution in [1.29, 1.82) is 0 Å². The van der Waals surface area contributed by atoms with Gasteiger partial charge >= 0.3 is 0 Å². The van der Waals surface area contributed by atoms with Gasteiger partial charge in [-0.3, -0.25) is 9.97 Å². The molecule has 0 aromatic carbocycles. The summed E-state index contributed by atoms with van der Waals surface area (Å²) in [4.78, 5) is 9.69. The molecule has 4 heteroatoms. The lowest BCUT2D eigenvalue weighted by Crippen LogP contribution is -1.93. The minimum atomic E-state index is 0.987. The lowest BCUT2D eigenvalue weighted by Gasteiger charge is -2.07. The second-order valence-electron chi connectivity index (χ2n) is 4.63. The van der Waals surface area contributed by atoms with Crippen molar-refractivity contribution < 1.29 is 4.42 Å². The van der Waals surface area contributed by atoms with Crippen LogP contribution in [0.25, 0.3) is 21.6 Å². The standard InChI is InChI=1S/C16H15N2OS/c1-2-3-4-13-7-14(12-5-6-19-10-12)15(8-18-13)16-9-17-11-20-16/h5-7,9-11H,2-4H2,1H3. The van der Waals surface area contributed by atoms with Crippen LogP contribution in [0.15, 0.2) is 40.8 Å². The van der Waals surface area contributed by atoms with E-state index in [0.29, 0.717) is 0 Å². The average molecular weight is 283 g/mol. The van der Waals surface area contributed by atoms with E-state index in [2.05, 4.69) is 29.2 Å². The van der Waals surface area contributed by atoms with Gasteiger partial charge in [0.05, 0.1) is 29.1 Å². The third-order valence-electron chi connectivity index (χ3n) is 3.19. The summed E-state index contributed by atoms with van der Waals surface area (Å²) in [6.45, 7) is 2.19. The van der Waals surface area contributed by atoms with E-state index in [1.54, 1.807) is 23.9 Å². The van der Waals surface area contributed by atoms with Crippen molar-refractivity contribution in [3.05, 3.63) is 48.3 Å². The summed E-state index contributed by atoms with van der Waals surface area (Å²) < 4.78 is 5.22. The van der Waals surface area contributed by atoms with Crippen LogP contribution in [-0.2, 0) is 6.42 Å². The molecule has 1 radical (unpaired) electrons. The highest BCUT2D eigenvalue weighted by molar-refractivity contribution is 7.13. The predicted octanol–water partition coefficient (Wildman–Crippen LogP) is 4.61. The first-order valence-corrected chi connectivity index (χ1v) is 7.59. The molecule has 101 valence electrons. The van der Waals surface area contributed by atoms with Gasteiger partial charge in [-0.2, -0.15) is 0 Å². The summed E-state index contributed by atoms with van der Waals surface area (Å²) in [5, 5.41) is 0. The number of unbranched alkanes of at least 4 members (excludes halogenated alkanes) is 1. The van der Waals surface area contributed by atoms with Crippen molar-refractivity contribution in [2.45, 2.75) is 26.2 Å². The second-order valence-corrected chi connectivity index (χ2v) is 5.52. The van der Waals surface area contributed by atoms with E-state index in [0.717, 1.165) is 40.1 Å². The van der Waals surface area contributed by atoms with Gasteiger partial charge in [-0.05, 0) is 30.5 Å². The van der Waals surface area contributed by atoms with Crippen LogP contribution in [0.3, 0.4) is 0 Å². The van der Waals surface area contributed by atoms with Gasteiger partial charge in [0.2, 0.25) is 0 Å². The molecule has 3 rings (SSSR count). The Morgan fingerprint density at radius 3 is 3.05 bits per heavy atom. The molecule has 0 atom stereocenters. The van der Waals surface area contributed by atoms with E-state index in [4.69, 9.17) is 4.42 Å². The third-order valence-corrected chi connectivity index (χ3v) is 3.98. The van der Waals surface area contributed by atoms with E-state index in [9.17, 15) is 0 Å². The molecule has 0 bridgehead atoms. The quantitative estimate of drug-likeness (QED) is 0.686. The fourth-order valence-electron chi connectivity index (χ4n) is 2.12. The first-order chi connectivity index (χ1) is 9.88. The first-order valence-electron chi connectivity index (χ1n) is 6.71. The zero-order valence-corrected chi connectivity index (χ0v) is 12.1. The van der Waals surface area contributed by atoms with Crippen LogP contribution in [0.1, 0.15) is 25.5 Å². The Hall–Kier alpha value is -1.94. The average Bonchev–Trinajstić information content (AvgIpc) is 3.17. The molecule has 3 heterocycles. The molecule has 0 fully saturated rings. The Balaban J connectivity index is 2.06. The topological polar surface area (TPSA) is 38.9 Å². The number of nitrogens with zero attached hydrogens (tertiary/aromatic N) is 2. The molecule has 3 nitrogen and oxygen atoms in total. The minimum Gasteiger partial charge on any atom is -0.472 e. The minimum absolute atomic E-state index is 0.987. The molecule has 0 aliphatic heterocycles. The van der Waals surface area contributed by atoms with E-state index in [-0.39, 0.29) is 0 Å². The fraction of sp³-hybridized carbons (Fsp3) is 0.250. The van der Waals surface area contributed by atoms with Crippen molar-refractivity contribution >= 4 is 11.3 Å². The highest BCUT2D eigenvalue weighted by Gasteiger charge is 2.12. The number of hydrogen-bond acceptors (Lipinski definition) is 4. The van der Waals surface area contributed by atoms with Crippen LogP contribution in [0.5, 0.6) is 0 Å². The van der Waals surface area contributed by atoms with Gasteiger partial charge in [0, 0.05) is 23.0 Å². The summed E-state index contributed by atoms with van der Waals surface area (Å²) in [6, 6.07) is 4.11. The summed E-state index contributed by atoms with van der Waals surface area (Å²) in [5.41, 5.74) is 6.08. The first kappa shape index (κ1) is 13.1. The largest absolute Gasteiger partial charge is 0.472 e. The molecule has 3 aromatic heterocycles. The molecule has 0 aliphatic rings. The Kier molecular flexibility index (Phi) is 3.92. The van der Waals surface area contributed by atoms with Crippen molar-refractivity contribution in [2.24, 2.45) is 0 Å². The Morgan fingerprint density at radius 1 is 1.40 bits per heavy atom. The maximum atomic E-state index is 5.22. The maximum Gasteiger partial charge on any atom is 0.0989 e. The van der Waals surface area contributed by atoms with E-state index >= 15 is 0 Å². The van der Waals surface area contributed by atoms with Crippen molar-refractivity contribution in [1.82, 2.24) is 9.97 Å². The Morgan fingerprint density at radius 2 is 2.35 bits per heavy atom. The number of aryl methyl sites for hydroxylation is 1. The Labute approximate surface area is 122 Å². The van der Waals surface area contributed by atoms with Crippen LogP contribution in [-0.4, -0.2) is 9.97 Å². The second kappa shape index (κ2) is 6.01. The van der Waals surface area contributed by atoms with Crippen molar-refractivity contribution in [3.8, 4) is 21.6 Å². The van der Waals surface area contributed by atoms with Gasteiger partial charge in [0.25, 0.3) is 0 Å². The molecular formula is C16H15N2OS. The molecule has 20 heavy (non-hydrogen) atoms. The summed E-state index contributed by atoms with van der Waals surface area (Å²) in [5.74, 6) is 0. The number of rotatable bonds is 5. The molecule has 3 aromatic rings. The normalized spacial score (nSPS) is 10.8. The lowest BCUT2D eigenvalue weighted by molar-refractivity contribution is 0.568. The van der Waals surface area contributed by atoms with Gasteiger partial charge in [0.15, 0.2) is 0 Å². The summed E-state index contributed by atoms with van der Waals surface area (Å²) >= 11 is 1.60. The van der Waals surface area contributed by atoms with Crippen LogP contribution >= 0.6 is 11.3 Å². The van der Waals surface area contributed by atoms with Gasteiger partial charge in [-0.1, -0.05) is 13.3 Å². The zero-order valence-electron chi connectivity index (χ0n) is 11.3. The smallest absolute Gasteiger partial charge is 0.0989 e. The number of hydrogen-bond donors (Lipinski definition) is 0. The van der Waals surface area contributed by atoms with Gasteiger partial charge in [-0.15, -0.1) is 11.3 Å². The summed E-state index contributed by atoms with van der Waals surface area (Å²) in [7, 11) is 0. The predicted molar refractivity (Wildman–Crippen MR) is 80.5 cm³/mol. The van der Waals surface area contributed by atoms with Crippen LogP contribution < -0.4 is 0 Å². The van der Waals surface area contributed by atoms with Gasteiger partial charge in [0.1, 0.15) is 0 Å². The van der Waals surface area contributed by atoms with Crippen LogP contribution in [0, 0.1) is 6.20 Å². The zero-order chi connectivity index (χ0) is 13.8. The van der Waals surface area contributed by atoms with Gasteiger partial charge in [-0.25, -0.2) is 0 Å². The lowest BCUT2D eigenvalue weighted by atomic mass is 10.0. The van der Waals surface area contributed by atoms with E-state index in [1.807, 2.05) is 17.8 Å². The van der Waals surface area contributed by atoms with Gasteiger partial charge < -0.3 is 4.42 Å². The number of pyridine rings is 1. The molecule has 0 saturated heterocycles. The Bertz CT molecular complexity index is 660. The molecular weight excluding hydrogens is 268 g/mol. The molecule has 0 unspecified atom stereocenters. The number of furan rings is 1. The number of thiazole rings is 1. The van der Waals surface area contributed by atoms with Crippen LogP contribution in [0.4, 0.5) is 0 Å². The maximum absolute atomic E-state index is 5.22. The van der Waals surface area contributed by atoms with E-state index < -0.39 is 0 Å². The molecule has 0 saturated carbocycles. The molecule has 0 spiro atoms. The summed E-state index contributed by atoms with van der Waals surface area (Å²) in [6.07, 6.45) is 11.8. The van der Waals surface area contributed by atoms with Crippen LogP contribution in [0.2, 0.25) is 0 Å². The molecule has 0 aliphatic carbocycles. The highest BCUT2D eigenvalue weighted by Crippen LogP contribution is 2.34. The number of aromatic nitrogens is 2. The van der Waals surface area contributed by atoms with Crippen molar-refractivity contribution in [3.63, 3.8) is 0 Å². The third kappa shape index (κ3) is 2.65. The van der Waals surface area contributed by atoms with Crippen molar-refractivity contribution in [2.75, 3.05) is 0 Å². The fourth-order valence-corrected chi connectivity index (χ4v) is 2.75. The molecule has 0 amide bonds. The SMILES string of the molecule is CCCCc1cc(-c2ccoc2)c(-c2cncs2)[c]n1. The monoisotopic (exact) mass is 283 g/mol. The van der Waals surface area contributed by atoms with E-state index in [1.165, 1.54) is 6.42 Å². The molecule has 0 N–H and O–H groups in total. The highest BCUT2D eigenvalue weighted by atomic mass is 32.1.